The zero-order chi connectivity index (χ0) is 9.26. The van der Waals surface area contributed by atoms with Crippen LogP contribution in [0.3, 0.4) is 0 Å². The summed E-state index contributed by atoms with van der Waals surface area (Å²) in [5.41, 5.74) is 2.47. The van der Waals surface area contributed by atoms with E-state index in [0.717, 1.165) is 13.0 Å². The Morgan fingerprint density at radius 1 is 1.31 bits per heavy atom. The molecule has 1 aromatic rings. The molecule has 2 rings (SSSR count). The average molecular weight is 197 g/mol. The van der Waals surface area contributed by atoms with E-state index in [-0.39, 0.29) is 11.5 Å². The average Bonchev–Trinajstić information content (AvgIpc) is 2.53. The molecule has 0 spiro atoms. The molecule has 0 bridgehead atoms. The monoisotopic (exact) mass is 196 g/mol. The van der Waals surface area contributed by atoms with Gasteiger partial charge in [0.1, 0.15) is 0 Å². The molecule has 1 saturated heterocycles. The minimum Gasteiger partial charge on any atom is -0.372 e. The largest absolute Gasteiger partial charge is 0.372 e. The molecule has 0 amide bonds. The molecule has 13 heavy (non-hydrogen) atoms. The maximum Gasteiger partial charge on any atom is 0.0989 e. The number of hydrogen-bond donors (Lipinski definition) is 0. The molecule has 1 aliphatic rings. The van der Waals surface area contributed by atoms with Crippen molar-refractivity contribution in [3.63, 3.8) is 0 Å². The molecule has 1 fully saturated rings. The first-order chi connectivity index (χ1) is 6.27. The van der Waals surface area contributed by atoms with Crippen LogP contribution < -0.4 is 0 Å². The van der Waals surface area contributed by atoms with Crippen molar-refractivity contribution < 1.29 is 4.74 Å². The third-order valence-electron chi connectivity index (χ3n) is 2.43. The number of benzene rings is 1. The molecule has 0 aromatic heterocycles. The van der Waals surface area contributed by atoms with E-state index in [9.17, 15) is 0 Å². The van der Waals surface area contributed by atoms with Gasteiger partial charge in [-0.2, -0.15) is 0 Å². The Morgan fingerprint density at radius 3 is 2.54 bits per heavy atom. The van der Waals surface area contributed by atoms with Gasteiger partial charge in [-0.25, -0.2) is 0 Å². The molecule has 1 nitrogen and oxygen atoms in total. The predicted octanol–water partition coefficient (Wildman–Crippen LogP) is 3.06. The van der Waals surface area contributed by atoms with Gasteiger partial charge in [0, 0.05) is 6.61 Å². The first-order valence-corrected chi connectivity index (χ1v) is 5.03. The van der Waals surface area contributed by atoms with Gasteiger partial charge < -0.3 is 4.74 Å². The number of halogens is 1. The molecule has 1 aromatic carbocycles. The van der Waals surface area contributed by atoms with Gasteiger partial charge in [0.2, 0.25) is 0 Å². The summed E-state index contributed by atoms with van der Waals surface area (Å²) in [6.07, 6.45) is 1.06. The Hall–Kier alpha value is -0.530. The zero-order valence-electron chi connectivity index (χ0n) is 7.66. The SMILES string of the molecule is Cc1ccc(C2OCCC2Cl)cc1. The lowest BCUT2D eigenvalue weighted by Gasteiger charge is -2.13. The lowest BCUT2D eigenvalue weighted by molar-refractivity contribution is 0.113. The van der Waals surface area contributed by atoms with Gasteiger partial charge in [0.25, 0.3) is 0 Å². The third kappa shape index (κ3) is 1.87. The number of ether oxygens (including phenoxy) is 1. The second kappa shape index (κ2) is 3.69. The summed E-state index contributed by atoms with van der Waals surface area (Å²) in [5.74, 6) is 0. The predicted molar refractivity (Wildman–Crippen MR) is 54.1 cm³/mol. The number of aryl methyl sites for hydroxylation is 1. The van der Waals surface area contributed by atoms with Crippen LogP contribution >= 0.6 is 11.6 Å². The zero-order valence-corrected chi connectivity index (χ0v) is 8.42. The van der Waals surface area contributed by atoms with Crippen LogP contribution in [0.5, 0.6) is 0 Å². The summed E-state index contributed by atoms with van der Waals surface area (Å²) in [7, 11) is 0. The minimum absolute atomic E-state index is 0.0993. The molecule has 2 heteroatoms. The van der Waals surface area contributed by atoms with Crippen molar-refractivity contribution in [2.75, 3.05) is 6.61 Å². The van der Waals surface area contributed by atoms with Gasteiger partial charge >= 0.3 is 0 Å². The maximum absolute atomic E-state index is 6.13. The number of rotatable bonds is 1. The molecular weight excluding hydrogens is 184 g/mol. The van der Waals surface area contributed by atoms with Crippen LogP contribution in [0.25, 0.3) is 0 Å². The smallest absolute Gasteiger partial charge is 0.0989 e. The van der Waals surface area contributed by atoms with Crippen LogP contribution in [0.4, 0.5) is 0 Å². The summed E-state index contributed by atoms with van der Waals surface area (Å²) in [4.78, 5) is 0. The van der Waals surface area contributed by atoms with Crippen LogP contribution in [0.15, 0.2) is 24.3 Å². The van der Waals surface area contributed by atoms with Crippen LogP contribution in [0.1, 0.15) is 23.7 Å². The Bertz CT molecular complexity index is 281. The highest BCUT2D eigenvalue weighted by molar-refractivity contribution is 6.21. The van der Waals surface area contributed by atoms with Crippen molar-refractivity contribution in [3.05, 3.63) is 35.4 Å². The van der Waals surface area contributed by atoms with Gasteiger partial charge in [-0.15, -0.1) is 11.6 Å². The van der Waals surface area contributed by atoms with E-state index in [1.165, 1.54) is 11.1 Å². The van der Waals surface area contributed by atoms with E-state index in [2.05, 4.69) is 31.2 Å². The summed E-state index contributed by atoms with van der Waals surface area (Å²) in [6, 6.07) is 8.39. The molecule has 0 saturated carbocycles. The van der Waals surface area contributed by atoms with E-state index in [1.807, 2.05) is 0 Å². The molecule has 1 heterocycles. The quantitative estimate of drug-likeness (QED) is 0.628. The Balaban J connectivity index is 2.20. The van der Waals surface area contributed by atoms with E-state index < -0.39 is 0 Å². The minimum atomic E-state index is 0.0993. The van der Waals surface area contributed by atoms with Crippen molar-refractivity contribution in [2.45, 2.75) is 24.8 Å². The molecule has 0 aliphatic carbocycles. The van der Waals surface area contributed by atoms with Crippen LogP contribution in [0, 0.1) is 6.92 Å². The molecule has 2 unspecified atom stereocenters. The lowest BCUT2D eigenvalue weighted by atomic mass is 10.1. The normalized spacial score (nSPS) is 27.8. The van der Waals surface area contributed by atoms with Crippen molar-refractivity contribution in [1.82, 2.24) is 0 Å². The van der Waals surface area contributed by atoms with E-state index in [1.54, 1.807) is 0 Å². The fraction of sp³-hybridized carbons (Fsp3) is 0.455. The Kier molecular flexibility index (Phi) is 2.56. The van der Waals surface area contributed by atoms with Crippen molar-refractivity contribution >= 4 is 11.6 Å². The Morgan fingerprint density at radius 2 is 2.00 bits per heavy atom. The first-order valence-electron chi connectivity index (χ1n) is 4.59. The van der Waals surface area contributed by atoms with E-state index in [0.29, 0.717) is 0 Å². The van der Waals surface area contributed by atoms with Crippen molar-refractivity contribution in [2.24, 2.45) is 0 Å². The summed E-state index contributed by atoms with van der Waals surface area (Å²) < 4.78 is 5.56. The highest BCUT2D eigenvalue weighted by Crippen LogP contribution is 2.32. The first kappa shape index (κ1) is 9.04. The second-order valence-electron chi connectivity index (χ2n) is 3.51. The molecule has 2 atom stereocenters. The summed E-state index contributed by atoms with van der Waals surface area (Å²) >= 11 is 6.13. The standard InChI is InChI=1S/C11H13ClO/c1-8-2-4-9(5-3-8)11-10(12)6-7-13-11/h2-5,10-11H,6-7H2,1H3. The number of hydrogen-bond acceptors (Lipinski definition) is 1. The molecule has 0 N–H and O–H groups in total. The molecule has 1 aliphatic heterocycles. The van der Waals surface area contributed by atoms with Crippen LogP contribution in [-0.4, -0.2) is 12.0 Å². The Labute approximate surface area is 83.7 Å². The summed E-state index contributed by atoms with van der Waals surface area (Å²) in [5, 5.41) is 0.141. The molecular formula is C11H13ClO. The lowest BCUT2D eigenvalue weighted by Crippen LogP contribution is -2.06. The van der Waals surface area contributed by atoms with E-state index in [4.69, 9.17) is 16.3 Å². The fourth-order valence-electron chi connectivity index (χ4n) is 1.62. The molecule has 70 valence electrons. The van der Waals surface area contributed by atoms with Crippen LogP contribution in [-0.2, 0) is 4.74 Å². The van der Waals surface area contributed by atoms with Gasteiger partial charge in [-0.3, -0.25) is 0 Å². The highest BCUT2D eigenvalue weighted by Gasteiger charge is 2.27. The third-order valence-corrected chi connectivity index (χ3v) is 2.87. The molecule has 0 radical (unpaired) electrons. The second-order valence-corrected chi connectivity index (χ2v) is 4.07. The van der Waals surface area contributed by atoms with Crippen molar-refractivity contribution in [1.29, 1.82) is 0 Å². The maximum atomic E-state index is 6.13. The van der Waals surface area contributed by atoms with Gasteiger partial charge in [0.05, 0.1) is 11.5 Å². The van der Waals surface area contributed by atoms with Gasteiger partial charge in [0.15, 0.2) is 0 Å². The number of alkyl halides is 1. The van der Waals surface area contributed by atoms with Gasteiger partial charge in [-0.1, -0.05) is 29.8 Å². The topological polar surface area (TPSA) is 9.23 Å². The van der Waals surface area contributed by atoms with E-state index >= 15 is 0 Å². The van der Waals surface area contributed by atoms with Crippen LogP contribution in [0.2, 0.25) is 0 Å². The van der Waals surface area contributed by atoms with Gasteiger partial charge in [-0.05, 0) is 18.9 Å². The summed E-state index contributed by atoms with van der Waals surface area (Å²) in [6.45, 7) is 2.87. The highest BCUT2D eigenvalue weighted by atomic mass is 35.5. The fourth-order valence-corrected chi connectivity index (χ4v) is 1.93. The van der Waals surface area contributed by atoms with Crippen molar-refractivity contribution in [3.8, 4) is 0 Å².